The molecule has 2 rings (SSSR count). The quantitative estimate of drug-likeness (QED) is 0.885. The summed E-state index contributed by atoms with van der Waals surface area (Å²) in [6, 6.07) is 4.55. The predicted octanol–water partition coefficient (Wildman–Crippen LogP) is 2.37. The van der Waals surface area contributed by atoms with E-state index in [4.69, 9.17) is 4.74 Å². The minimum atomic E-state index is 0.341. The van der Waals surface area contributed by atoms with Gasteiger partial charge >= 0.3 is 0 Å². The maximum absolute atomic E-state index is 5.53. The van der Waals surface area contributed by atoms with E-state index in [2.05, 4.69) is 35.1 Å². The van der Waals surface area contributed by atoms with Gasteiger partial charge in [-0.15, -0.1) is 0 Å². The summed E-state index contributed by atoms with van der Waals surface area (Å²) >= 11 is 0. The van der Waals surface area contributed by atoms with Crippen molar-refractivity contribution in [3.8, 4) is 0 Å². The van der Waals surface area contributed by atoms with Crippen LogP contribution >= 0.6 is 0 Å². The van der Waals surface area contributed by atoms with Gasteiger partial charge in [0.1, 0.15) is 5.82 Å². The van der Waals surface area contributed by atoms with Gasteiger partial charge in [-0.2, -0.15) is 0 Å². The van der Waals surface area contributed by atoms with Crippen molar-refractivity contribution in [2.45, 2.75) is 32.7 Å². The summed E-state index contributed by atoms with van der Waals surface area (Å²) in [5.41, 5.74) is 1.29. The van der Waals surface area contributed by atoms with Crippen LogP contribution in [0.15, 0.2) is 18.3 Å². The van der Waals surface area contributed by atoms with Gasteiger partial charge in [0.15, 0.2) is 0 Å². The second-order valence-electron chi connectivity index (χ2n) is 5.05. The molecule has 2 heterocycles. The van der Waals surface area contributed by atoms with Crippen molar-refractivity contribution in [3.63, 3.8) is 0 Å². The summed E-state index contributed by atoms with van der Waals surface area (Å²) in [6.45, 7) is 9.07. The van der Waals surface area contributed by atoms with Crippen LogP contribution in [0.4, 0.5) is 5.82 Å². The van der Waals surface area contributed by atoms with Crippen molar-refractivity contribution < 1.29 is 4.74 Å². The Morgan fingerprint density at radius 2 is 2.32 bits per heavy atom. The minimum absolute atomic E-state index is 0.341. The second-order valence-corrected chi connectivity index (χ2v) is 5.05. The van der Waals surface area contributed by atoms with Crippen molar-refractivity contribution >= 4 is 5.82 Å². The molecule has 1 aliphatic rings. The molecule has 1 aromatic rings. The molecule has 0 saturated carbocycles. The molecule has 1 unspecified atom stereocenters. The van der Waals surface area contributed by atoms with Crippen LogP contribution in [0, 0.1) is 0 Å². The fraction of sp³-hybridized carbons (Fsp3) is 0.667. The van der Waals surface area contributed by atoms with Gasteiger partial charge in [0, 0.05) is 37.5 Å². The third kappa shape index (κ3) is 3.91. The van der Waals surface area contributed by atoms with E-state index in [1.165, 1.54) is 5.56 Å². The van der Waals surface area contributed by atoms with Crippen molar-refractivity contribution in [1.29, 1.82) is 0 Å². The van der Waals surface area contributed by atoms with Crippen LogP contribution in [-0.4, -0.2) is 37.8 Å². The number of ether oxygens (including phenoxy) is 1. The molecule has 1 N–H and O–H groups in total. The van der Waals surface area contributed by atoms with E-state index < -0.39 is 0 Å². The zero-order chi connectivity index (χ0) is 13.5. The lowest BCUT2D eigenvalue weighted by Gasteiger charge is -2.26. The van der Waals surface area contributed by atoms with Gasteiger partial charge in [-0.3, -0.25) is 0 Å². The lowest BCUT2D eigenvalue weighted by atomic mass is 10.1. The Kier molecular flexibility index (Phi) is 5.61. The monoisotopic (exact) mass is 263 g/mol. The van der Waals surface area contributed by atoms with Crippen LogP contribution < -0.4 is 10.2 Å². The van der Waals surface area contributed by atoms with Crippen molar-refractivity contribution in [1.82, 2.24) is 10.3 Å². The first-order valence-electron chi connectivity index (χ1n) is 7.34. The zero-order valence-corrected chi connectivity index (χ0v) is 12.1. The number of pyridine rings is 1. The van der Waals surface area contributed by atoms with Gasteiger partial charge in [-0.1, -0.05) is 13.0 Å². The molecular formula is C15H25N3O. The van der Waals surface area contributed by atoms with Crippen molar-refractivity contribution in [2.24, 2.45) is 0 Å². The largest absolute Gasteiger partial charge is 0.380 e. The van der Waals surface area contributed by atoms with Crippen molar-refractivity contribution in [2.75, 3.05) is 37.7 Å². The molecule has 19 heavy (non-hydrogen) atoms. The van der Waals surface area contributed by atoms with Gasteiger partial charge in [0.05, 0.1) is 6.61 Å². The minimum Gasteiger partial charge on any atom is -0.380 e. The van der Waals surface area contributed by atoms with Crippen molar-refractivity contribution in [3.05, 3.63) is 23.9 Å². The number of aromatic nitrogens is 1. The first-order chi connectivity index (χ1) is 9.33. The van der Waals surface area contributed by atoms with Crippen LogP contribution in [0.25, 0.3) is 0 Å². The number of rotatable bonds is 5. The fourth-order valence-electron chi connectivity index (χ4n) is 2.44. The van der Waals surface area contributed by atoms with E-state index in [1.54, 1.807) is 0 Å². The van der Waals surface area contributed by atoms with Gasteiger partial charge in [-0.25, -0.2) is 4.98 Å². The molecule has 4 heteroatoms. The average Bonchev–Trinajstić information content (AvgIpc) is 2.73. The van der Waals surface area contributed by atoms with Gasteiger partial charge < -0.3 is 15.0 Å². The zero-order valence-electron chi connectivity index (χ0n) is 12.1. The van der Waals surface area contributed by atoms with Gasteiger partial charge in [0.25, 0.3) is 0 Å². The van der Waals surface area contributed by atoms with E-state index >= 15 is 0 Å². The third-order valence-corrected chi connectivity index (χ3v) is 3.51. The maximum Gasteiger partial charge on any atom is 0.133 e. The molecule has 0 bridgehead atoms. The molecular weight excluding hydrogens is 238 g/mol. The molecule has 1 fully saturated rings. The summed E-state index contributed by atoms with van der Waals surface area (Å²) in [4.78, 5) is 6.96. The third-order valence-electron chi connectivity index (χ3n) is 3.51. The maximum atomic E-state index is 5.53. The molecule has 1 aromatic heterocycles. The van der Waals surface area contributed by atoms with Gasteiger partial charge in [-0.05, 0) is 32.4 Å². The lowest BCUT2D eigenvalue weighted by molar-refractivity contribution is 0.152. The molecule has 1 aliphatic heterocycles. The Bertz CT molecular complexity index is 375. The first-order valence-corrected chi connectivity index (χ1v) is 7.34. The molecule has 1 saturated heterocycles. The molecule has 0 radical (unpaired) electrons. The Labute approximate surface area is 116 Å². The first kappa shape index (κ1) is 14.3. The van der Waals surface area contributed by atoms with Gasteiger partial charge in [0.2, 0.25) is 0 Å². The summed E-state index contributed by atoms with van der Waals surface area (Å²) in [5, 5.41) is 3.55. The molecule has 0 aromatic carbocycles. The highest BCUT2D eigenvalue weighted by Gasteiger charge is 2.17. The molecule has 106 valence electrons. The van der Waals surface area contributed by atoms with Crippen LogP contribution in [0.3, 0.4) is 0 Å². The lowest BCUT2D eigenvalue weighted by Crippen LogP contribution is -2.30. The fourth-order valence-corrected chi connectivity index (χ4v) is 2.44. The smallest absolute Gasteiger partial charge is 0.133 e. The van der Waals surface area contributed by atoms with E-state index in [1.807, 2.05) is 12.3 Å². The highest BCUT2D eigenvalue weighted by atomic mass is 16.5. The Morgan fingerprint density at radius 1 is 1.42 bits per heavy atom. The van der Waals surface area contributed by atoms with Crippen LogP contribution in [0.2, 0.25) is 0 Å². The SMILES string of the molecule is CCCNC(C)c1cccnc1N1CCCOCC1. The number of anilines is 1. The number of nitrogens with zero attached hydrogens (tertiary/aromatic N) is 2. The van der Waals surface area contributed by atoms with E-state index in [0.29, 0.717) is 6.04 Å². The highest BCUT2D eigenvalue weighted by Crippen LogP contribution is 2.24. The van der Waals surface area contributed by atoms with E-state index in [-0.39, 0.29) is 0 Å². The van der Waals surface area contributed by atoms with Crippen LogP contribution in [0.1, 0.15) is 38.3 Å². The normalized spacial score (nSPS) is 18.1. The molecule has 0 aliphatic carbocycles. The number of hydrogen-bond donors (Lipinski definition) is 1. The summed E-state index contributed by atoms with van der Waals surface area (Å²) < 4.78 is 5.53. The molecule has 0 amide bonds. The summed E-state index contributed by atoms with van der Waals surface area (Å²) in [5.74, 6) is 1.11. The Balaban J connectivity index is 2.14. The van der Waals surface area contributed by atoms with E-state index in [9.17, 15) is 0 Å². The van der Waals surface area contributed by atoms with Crippen LogP contribution in [0.5, 0.6) is 0 Å². The standard InChI is InChI=1S/C15H25N3O/c1-3-7-16-13(2)14-6-4-8-17-15(14)18-9-5-11-19-12-10-18/h4,6,8,13,16H,3,5,7,9-12H2,1-2H3. The second kappa shape index (κ2) is 7.46. The van der Waals surface area contributed by atoms with E-state index in [0.717, 1.165) is 51.5 Å². The Morgan fingerprint density at radius 3 is 3.16 bits per heavy atom. The summed E-state index contributed by atoms with van der Waals surface area (Å²) in [6.07, 6.45) is 4.11. The molecule has 0 spiro atoms. The molecule has 1 atom stereocenters. The highest BCUT2D eigenvalue weighted by molar-refractivity contribution is 5.48. The topological polar surface area (TPSA) is 37.4 Å². The molecule has 4 nitrogen and oxygen atoms in total. The number of nitrogens with one attached hydrogen (secondary N) is 1. The Hall–Kier alpha value is -1.13. The predicted molar refractivity (Wildman–Crippen MR) is 78.6 cm³/mol. The number of hydrogen-bond acceptors (Lipinski definition) is 4. The summed E-state index contributed by atoms with van der Waals surface area (Å²) in [7, 11) is 0. The van der Waals surface area contributed by atoms with Crippen LogP contribution in [-0.2, 0) is 4.74 Å². The average molecular weight is 263 g/mol.